The van der Waals surface area contributed by atoms with Gasteiger partial charge >= 0.3 is 6.03 Å². The van der Waals surface area contributed by atoms with Gasteiger partial charge in [0.15, 0.2) is 11.5 Å². The summed E-state index contributed by atoms with van der Waals surface area (Å²) < 4.78 is 10.6. The normalized spacial score (nSPS) is 13.5. The Morgan fingerprint density at radius 2 is 1.69 bits per heavy atom. The highest BCUT2D eigenvalue weighted by molar-refractivity contribution is 6.08. The third kappa shape index (κ3) is 5.40. The van der Waals surface area contributed by atoms with E-state index in [1.54, 1.807) is 30.2 Å². The van der Waals surface area contributed by atoms with Gasteiger partial charge in [0.25, 0.3) is 5.91 Å². The van der Waals surface area contributed by atoms with Crippen LogP contribution >= 0.6 is 0 Å². The molecule has 4 rings (SSSR count). The van der Waals surface area contributed by atoms with Gasteiger partial charge in [0.2, 0.25) is 0 Å². The second-order valence-corrected chi connectivity index (χ2v) is 8.74. The maximum atomic E-state index is 13.5. The summed E-state index contributed by atoms with van der Waals surface area (Å²) in [5.41, 5.74) is 4.96. The van der Waals surface area contributed by atoms with Crippen LogP contribution in [0.25, 0.3) is 0 Å². The van der Waals surface area contributed by atoms with E-state index in [4.69, 9.17) is 9.47 Å². The van der Waals surface area contributed by atoms with Gasteiger partial charge in [-0.15, -0.1) is 0 Å². The highest BCUT2D eigenvalue weighted by atomic mass is 16.5. The SMILES string of the molecule is COc1ccc(C(=O)Nc2cc(C)ccc2N2CCCN(Cc3cccc(C)c3)C2=O)cc1OC. The number of nitrogens with zero attached hydrogens (tertiary/aromatic N) is 2. The van der Waals surface area contributed by atoms with Crippen LogP contribution in [0.4, 0.5) is 16.2 Å². The van der Waals surface area contributed by atoms with Crippen molar-refractivity contribution in [1.29, 1.82) is 0 Å². The van der Waals surface area contributed by atoms with Crippen LogP contribution in [0.5, 0.6) is 11.5 Å². The molecule has 1 N–H and O–H groups in total. The van der Waals surface area contributed by atoms with Gasteiger partial charge < -0.3 is 19.7 Å². The molecule has 7 nitrogen and oxygen atoms in total. The first-order valence-electron chi connectivity index (χ1n) is 11.7. The topological polar surface area (TPSA) is 71.1 Å². The van der Waals surface area contributed by atoms with Crippen molar-refractivity contribution in [3.05, 3.63) is 82.9 Å². The molecular weight excluding hydrogens is 442 g/mol. The standard InChI is InChI=1S/C28H31N3O4/c1-19-7-5-8-21(15-19)18-30-13-6-14-31(28(30)33)24-11-9-20(2)16-23(24)29-27(32)22-10-12-25(34-3)26(17-22)35-4/h5,7-12,15-17H,6,13-14,18H2,1-4H3,(H,29,32). The Morgan fingerprint density at radius 3 is 2.43 bits per heavy atom. The Kier molecular flexibility index (Phi) is 7.25. The first-order valence-corrected chi connectivity index (χ1v) is 11.7. The molecule has 0 unspecified atom stereocenters. The van der Waals surface area contributed by atoms with E-state index >= 15 is 0 Å². The smallest absolute Gasteiger partial charge is 0.324 e. The van der Waals surface area contributed by atoms with E-state index < -0.39 is 0 Å². The van der Waals surface area contributed by atoms with E-state index in [9.17, 15) is 9.59 Å². The summed E-state index contributed by atoms with van der Waals surface area (Å²) in [6.07, 6.45) is 0.842. The number of benzene rings is 3. The number of nitrogens with one attached hydrogen (secondary N) is 1. The lowest BCUT2D eigenvalue weighted by Crippen LogP contribution is -2.49. The predicted octanol–water partition coefficient (Wildman–Crippen LogP) is 5.41. The zero-order valence-corrected chi connectivity index (χ0v) is 20.6. The number of rotatable bonds is 7. The lowest BCUT2D eigenvalue weighted by molar-refractivity contribution is 0.102. The lowest BCUT2D eigenvalue weighted by Gasteiger charge is -2.36. The largest absolute Gasteiger partial charge is 0.493 e. The Bertz CT molecular complexity index is 1240. The fourth-order valence-electron chi connectivity index (χ4n) is 4.34. The molecule has 3 amide bonds. The second-order valence-electron chi connectivity index (χ2n) is 8.74. The van der Waals surface area contributed by atoms with Crippen LogP contribution < -0.4 is 19.7 Å². The summed E-state index contributed by atoms with van der Waals surface area (Å²) in [5.74, 6) is 0.731. The number of carbonyl (C=O) groups excluding carboxylic acids is 2. The van der Waals surface area contributed by atoms with Crippen molar-refractivity contribution >= 4 is 23.3 Å². The van der Waals surface area contributed by atoms with Gasteiger partial charge in [-0.2, -0.15) is 0 Å². The number of hydrogen-bond acceptors (Lipinski definition) is 4. The van der Waals surface area contributed by atoms with E-state index in [1.165, 1.54) is 12.7 Å². The summed E-state index contributed by atoms with van der Waals surface area (Å²) in [5, 5.41) is 3.00. The molecule has 1 fully saturated rings. The molecule has 35 heavy (non-hydrogen) atoms. The van der Waals surface area contributed by atoms with E-state index in [-0.39, 0.29) is 11.9 Å². The van der Waals surface area contributed by atoms with E-state index in [0.29, 0.717) is 48.1 Å². The molecule has 1 heterocycles. The van der Waals surface area contributed by atoms with Gasteiger partial charge in [-0.05, 0) is 61.7 Å². The summed E-state index contributed by atoms with van der Waals surface area (Å²) >= 11 is 0. The number of methoxy groups -OCH3 is 2. The molecule has 182 valence electrons. The molecule has 1 aliphatic rings. The molecule has 0 atom stereocenters. The average Bonchev–Trinajstić information content (AvgIpc) is 2.85. The maximum absolute atomic E-state index is 13.5. The molecule has 0 aromatic heterocycles. The van der Waals surface area contributed by atoms with Gasteiger partial charge in [0.05, 0.1) is 25.6 Å². The minimum atomic E-state index is -0.293. The molecule has 0 bridgehead atoms. The van der Waals surface area contributed by atoms with Crippen LogP contribution in [-0.2, 0) is 6.54 Å². The molecule has 0 saturated carbocycles. The zero-order valence-electron chi connectivity index (χ0n) is 20.6. The van der Waals surface area contributed by atoms with E-state index in [2.05, 4.69) is 11.4 Å². The number of anilines is 2. The van der Waals surface area contributed by atoms with E-state index in [0.717, 1.165) is 17.5 Å². The first kappa shape index (κ1) is 24.1. The van der Waals surface area contributed by atoms with Crippen LogP contribution in [0.3, 0.4) is 0 Å². The van der Waals surface area contributed by atoms with Crippen molar-refractivity contribution in [3.8, 4) is 11.5 Å². The number of urea groups is 1. The first-order chi connectivity index (χ1) is 16.9. The van der Waals surface area contributed by atoms with Crippen molar-refractivity contribution in [2.75, 3.05) is 37.5 Å². The van der Waals surface area contributed by atoms with Gasteiger partial charge in [-0.3, -0.25) is 9.69 Å². The highest BCUT2D eigenvalue weighted by Crippen LogP contribution is 2.32. The van der Waals surface area contributed by atoms with Crippen molar-refractivity contribution in [3.63, 3.8) is 0 Å². The fraction of sp³-hybridized carbons (Fsp3) is 0.286. The maximum Gasteiger partial charge on any atom is 0.324 e. The number of ether oxygens (including phenoxy) is 2. The Labute approximate surface area is 206 Å². The number of aryl methyl sites for hydroxylation is 2. The zero-order chi connectivity index (χ0) is 24.9. The molecule has 3 aromatic carbocycles. The Morgan fingerprint density at radius 1 is 0.914 bits per heavy atom. The van der Waals surface area contributed by atoms with Crippen LogP contribution in [0.2, 0.25) is 0 Å². The number of amides is 3. The van der Waals surface area contributed by atoms with Gasteiger partial charge in [-0.1, -0.05) is 35.9 Å². The average molecular weight is 474 g/mol. The minimum absolute atomic E-state index is 0.0665. The van der Waals surface area contributed by atoms with Crippen molar-refractivity contribution in [1.82, 2.24) is 4.90 Å². The number of carbonyl (C=O) groups is 2. The van der Waals surface area contributed by atoms with Crippen molar-refractivity contribution < 1.29 is 19.1 Å². The van der Waals surface area contributed by atoms with Crippen molar-refractivity contribution in [2.45, 2.75) is 26.8 Å². The molecule has 1 aliphatic heterocycles. The van der Waals surface area contributed by atoms with Gasteiger partial charge in [0.1, 0.15) is 0 Å². The number of hydrogen-bond donors (Lipinski definition) is 1. The van der Waals surface area contributed by atoms with Crippen LogP contribution in [-0.4, -0.2) is 44.1 Å². The molecule has 3 aromatic rings. The van der Waals surface area contributed by atoms with Gasteiger partial charge in [-0.25, -0.2) is 4.79 Å². The molecular formula is C28H31N3O4. The summed E-state index contributed by atoms with van der Waals surface area (Å²) in [6, 6.07) is 18.9. The second kappa shape index (κ2) is 10.5. The molecule has 1 saturated heterocycles. The monoisotopic (exact) mass is 473 g/mol. The Hall–Kier alpha value is -4.00. The fourth-order valence-corrected chi connectivity index (χ4v) is 4.34. The van der Waals surface area contributed by atoms with Crippen molar-refractivity contribution in [2.24, 2.45) is 0 Å². The minimum Gasteiger partial charge on any atom is -0.493 e. The van der Waals surface area contributed by atoms with E-state index in [1.807, 2.05) is 55.1 Å². The van der Waals surface area contributed by atoms with Crippen LogP contribution in [0.15, 0.2) is 60.7 Å². The summed E-state index contributed by atoms with van der Waals surface area (Å²) in [7, 11) is 3.08. The summed E-state index contributed by atoms with van der Waals surface area (Å²) in [6.45, 7) is 5.84. The summed E-state index contributed by atoms with van der Waals surface area (Å²) in [4.78, 5) is 30.2. The lowest BCUT2D eigenvalue weighted by atomic mass is 10.1. The molecule has 7 heteroatoms. The van der Waals surface area contributed by atoms with Crippen LogP contribution in [0, 0.1) is 13.8 Å². The quantitative estimate of drug-likeness (QED) is 0.498. The third-order valence-electron chi connectivity index (χ3n) is 6.10. The molecule has 0 aliphatic carbocycles. The Balaban J connectivity index is 1.58. The third-order valence-corrected chi connectivity index (χ3v) is 6.10. The molecule has 0 radical (unpaired) electrons. The van der Waals surface area contributed by atoms with Crippen LogP contribution in [0.1, 0.15) is 33.5 Å². The molecule has 0 spiro atoms. The highest BCUT2D eigenvalue weighted by Gasteiger charge is 2.29. The van der Waals surface area contributed by atoms with Gasteiger partial charge in [0, 0.05) is 25.2 Å². The predicted molar refractivity (Wildman–Crippen MR) is 138 cm³/mol.